The van der Waals surface area contributed by atoms with Crippen LogP contribution in [0.5, 0.6) is 0 Å². The highest BCUT2D eigenvalue weighted by Crippen LogP contribution is 2.07. The summed E-state index contributed by atoms with van der Waals surface area (Å²) in [4.78, 5) is 47.7. The average molecular weight is 325 g/mol. The normalized spacial score (nSPS) is 17.2. The Kier molecular flexibility index (Phi) is 4.24. The monoisotopic (exact) mass is 325 g/mol. The topological polar surface area (TPSA) is 97.3 Å². The van der Waals surface area contributed by atoms with E-state index in [0.717, 1.165) is 0 Å². The van der Waals surface area contributed by atoms with E-state index in [9.17, 15) is 19.2 Å². The number of benzene rings is 1. The number of piperidine rings is 1. The molecule has 1 aromatic heterocycles. The van der Waals surface area contributed by atoms with E-state index in [1.54, 1.807) is 36.5 Å². The molecule has 1 fully saturated rings. The second-order valence-electron chi connectivity index (χ2n) is 5.41. The van der Waals surface area contributed by atoms with Crippen LogP contribution in [-0.2, 0) is 9.59 Å². The van der Waals surface area contributed by atoms with Gasteiger partial charge in [-0.3, -0.25) is 29.1 Å². The Morgan fingerprint density at radius 2 is 1.83 bits per heavy atom. The standard InChI is InChI=1S/C17H15N3O4/c21-14-9-8-13(16(23)19-14)18-15(22)12-7-4-10-20(17(12)24)11-5-2-1-3-6-11/h1-7,10,13H,8-9H2,(H,18,22)(H,19,21,23). The Hall–Kier alpha value is -3.22. The van der Waals surface area contributed by atoms with Gasteiger partial charge >= 0.3 is 0 Å². The first-order valence-electron chi connectivity index (χ1n) is 7.48. The Balaban J connectivity index is 1.85. The second kappa shape index (κ2) is 6.49. The van der Waals surface area contributed by atoms with E-state index >= 15 is 0 Å². The zero-order valence-corrected chi connectivity index (χ0v) is 12.7. The van der Waals surface area contributed by atoms with Gasteiger partial charge in [0.25, 0.3) is 11.5 Å². The van der Waals surface area contributed by atoms with E-state index in [2.05, 4.69) is 10.6 Å². The summed E-state index contributed by atoms with van der Waals surface area (Å²) < 4.78 is 1.36. The summed E-state index contributed by atoms with van der Waals surface area (Å²) >= 11 is 0. The number of imide groups is 1. The van der Waals surface area contributed by atoms with Crippen LogP contribution >= 0.6 is 0 Å². The van der Waals surface area contributed by atoms with Crippen LogP contribution in [0.4, 0.5) is 0 Å². The Bertz CT molecular complexity index is 858. The number of hydrogen-bond acceptors (Lipinski definition) is 4. The lowest BCUT2D eigenvalue weighted by Gasteiger charge is -2.21. The van der Waals surface area contributed by atoms with Gasteiger partial charge in [-0.25, -0.2) is 0 Å². The molecule has 1 aliphatic heterocycles. The van der Waals surface area contributed by atoms with Crippen LogP contribution < -0.4 is 16.2 Å². The number of amides is 3. The fourth-order valence-electron chi connectivity index (χ4n) is 2.53. The molecular formula is C17H15N3O4. The molecule has 0 saturated carbocycles. The molecule has 1 aliphatic rings. The van der Waals surface area contributed by atoms with Gasteiger partial charge < -0.3 is 5.32 Å². The molecular weight excluding hydrogens is 310 g/mol. The quantitative estimate of drug-likeness (QED) is 0.797. The zero-order valence-electron chi connectivity index (χ0n) is 12.7. The lowest BCUT2D eigenvalue weighted by molar-refractivity contribution is -0.134. The maximum atomic E-state index is 12.5. The number of para-hydroxylation sites is 1. The summed E-state index contributed by atoms with van der Waals surface area (Å²) in [6, 6.07) is 11.1. The molecule has 0 aliphatic carbocycles. The van der Waals surface area contributed by atoms with Crippen LogP contribution in [0.3, 0.4) is 0 Å². The highest BCUT2D eigenvalue weighted by molar-refractivity contribution is 6.03. The van der Waals surface area contributed by atoms with Gasteiger partial charge in [0, 0.05) is 18.3 Å². The number of aromatic nitrogens is 1. The van der Waals surface area contributed by atoms with Crippen molar-refractivity contribution in [2.24, 2.45) is 0 Å². The van der Waals surface area contributed by atoms with Gasteiger partial charge in [-0.15, -0.1) is 0 Å². The smallest absolute Gasteiger partial charge is 0.267 e. The van der Waals surface area contributed by atoms with Crippen molar-refractivity contribution < 1.29 is 14.4 Å². The molecule has 122 valence electrons. The number of hydrogen-bond donors (Lipinski definition) is 2. The maximum Gasteiger partial charge on any atom is 0.267 e. The first-order chi connectivity index (χ1) is 11.6. The van der Waals surface area contributed by atoms with E-state index in [-0.39, 0.29) is 24.3 Å². The van der Waals surface area contributed by atoms with Gasteiger partial charge in [-0.1, -0.05) is 18.2 Å². The number of nitrogens with zero attached hydrogens (tertiary/aromatic N) is 1. The van der Waals surface area contributed by atoms with E-state index in [0.29, 0.717) is 5.69 Å². The lowest BCUT2D eigenvalue weighted by Crippen LogP contribution is -2.52. The minimum Gasteiger partial charge on any atom is -0.340 e. The lowest BCUT2D eigenvalue weighted by atomic mass is 10.1. The molecule has 0 bridgehead atoms. The predicted molar refractivity (Wildman–Crippen MR) is 85.7 cm³/mol. The molecule has 0 spiro atoms. The Labute approximate surface area is 137 Å². The number of nitrogens with one attached hydrogen (secondary N) is 2. The van der Waals surface area contributed by atoms with Crippen LogP contribution in [0.25, 0.3) is 5.69 Å². The summed E-state index contributed by atoms with van der Waals surface area (Å²) in [6.07, 6.45) is 1.94. The van der Waals surface area contributed by atoms with Crippen molar-refractivity contribution in [3.63, 3.8) is 0 Å². The van der Waals surface area contributed by atoms with Crippen LogP contribution in [-0.4, -0.2) is 28.3 Å². The van der Waals surface area contributed by atoms with Gasteiger partial charge in [-0.05, 0) is 30.7 Å². The van der Waals surface area contributed by atoms with Crippen molar-refractivity contribution in [1.82, 2.24) is 15.2 Å². The van der Waals surface area contributed by atoms with Gasteiger partial charge in [0.05, 0.1) is 0 Å². The van der Waals surface area contributed by atoms with Crippen molar-refractivity contribution in [2.75, 3.05) is 0 Å². The highest BCUT2D eigenvalue weighted by Gasteiger charge is 2.28. The fourth-order valence-corrected chi connectivity index (χ4v) is 2.53. The molecule has 1 unspecified atom stereocenters. The summed E-state index contributed by atoms with van der Waals surface area (Å²) in [5.74, 6) is -1.56. The van der Waals surface area contributed by atoms with Gasteiger partial charge in [-0.2, -0.15) is 0 Å². The molecule has 3 rings (SSSR count). The molecule has 2 heterocycles. The summed E-state index contributed by atoms with van der Waals surface area (Å²) in [5, 5.41) is 4.67. The van der Waals surface area contributed by atoms with Crippen LogP contribution in [0.2, 0.25) is 0 Å². The van der Waals surface area contributed by atoms with Gasteiger partial charge in [0.1, 0.15) is 11.6 Å². The third-order valence-corrected chi connectivity index (χ3v) is 3.77. The van der Waals surface area contributed by atoms with Crippen molar-refractivity contribution in [3.8, 4) is 5.69 Å². The minimum atomic E-state index is -0.819. The third kappa shape index (κ3) is 3.10. The van der Waals surface area contributed by atoms with E-state index in [1.807, 2.05) is 6.07 Å². The molecule has 7 nitrogen and oxygen atoms in total. The summed E-state index contributed by atoms with van der Waals surface area (Å²) in [7, 11) is 0. The van der Waals surface area contributed by atoms with Crippen molar-refractivity contribution in [1.29, 1.82) is 0 Å². The Morgan fingerprint density at radius 1 is 1.08 bits per heavy atom. The summed E-state index contributed by atoms with van der Waals surface area (Å²) in [6.45, 7) is 0. The molecule has 3 amide bonds. The van der Waals surface area contributed by atoms with E-state index < -0.39 is 23.4 Å². The van der Waals surface area contributed by atoms with Crippen molar-refractivity contribution in [2.45, 2.75) is 18.9 Å². The molecule has 1 saturated heterocycles. The molecule has 2 aromatic rings. The number of rotatable bonds is 3. The van der Waals surface area contributed by atoms with E-state index in [1.165, 1.54) is 10.6 Å². The minimum absolute atomic E-state index is 0.0638. The highest BCUT2D eigenvalue weighted by atomic mass is 16.2. The van der Waals surface area contributed by atoms with Crippen LogP contribution in [0, 0.1) is 0 Å². The largest absolute Gasteiger partial charge is 0.340 e. The number of carbonyl (C=O) groups excluding carboxylic acids is 3. The first kappa shape index (κ1) is 15.7. The summed E-state index contributed by atoms with van der Waals surface area (Å²) in [5.41, 5.74) is 0.0951. The van der Waals surface area contributed by atoms with E-state index in [4.69, 9.17) is 0 Å². The SMILES string of the molecule is O=C1CCC(NC(=O)c2cccn(-c3ccccc3)c2=O)C(=O)N1. The predicted octanol–water partition coefficient (Wildman–Crippen LogP) is 0.373. The molecule has 1 atom stereocenters. The average Bonchev–Trinajstić information content (AvgIpc) is 2.58. The molecule has 24 heavy (non-hydrogen) atoms. The Morgan fingerprint density at radius 3 is 2.54 bits per heavy atom. The second-order valence-corrected chi connectivity index (χ2v) is 5.41. The molecule has 0 radical (unpaired) electrons. The van der Waals surface area contributed by atoms with Crippen molar-refractivity contribution >= 4 is 17.7 Å². The van der Waals surface area contributed by atoms with Gasteiger partial charge in [0.2, 0.25) is 11.8 Å². The molecule has 2 N–H and O–H groups in total. The number of pyridine rings is 1. The zero-order chi connectivity index (χ0) is 17.1. The van der Waals surface area contributed by atoms with Gasteiger partial charge in [0.15, 0.2) is 0 Å². The van der Waals surface area contributed by atoms with Crippen LogP contribution in [0.15, 0.2) is 53.5 Å². The number of carbonyl (C=O) groups is 3. The molecule has 7 heteroatoms. The first-order valence-corrected chi connectivity index (χ1v) is 7.48. The fraction of sp³-hybridized carbons (Fsp3) is 0.176. The third-order valence-electron chi connectivity index (χ3n) is 3.77. The molecule has 1 aromatic carbocycles. The van der Waals surface area contributed by atoms with Crippen molar-refractivity contribution in [3.05, 3.63) is 64.6 Å². The maximum absolute atomic E-state index is 12.5. The van der Waals surface area contributed by atoms with Crippen LogP contribution in [0.1, 0.15) is 23.2 Å².